The first-order chi connectivity index (χ1) is 16.9. The van der Waals surface area contributed by atoms with Crippen LogP contribution >= 0.6 is 11.8 Å². The van der Waals surface area contributed by atoms with E-state index in [1.807, 2.05) is 24.3 Å². The smallest absolute Gasteiger partial charge is 0.416 e. The molecule has 0 atom stereocenters. The number of halogens is 3. The Morgan fingerprint density at radius 3 is 2.43 bits per heavy atom. The fraction of sp³-hybridized carbons (Fsp3) is 0.444. The molecule has 0 unspecified atom stereocenters. The second-order valence-corrected chi connectivity index (χ2v) is 9.54. The Labute approximate surface area is 209 Å². The van der Waals surface area contributed by atoms with Crippen LogP contribution in [0.2, 0.25) is 0 Å². The molecule has 35 heavy (non-hydrogen) atoms. The number of hydrogen-bond acceptors (Lipinski definition) is 5. The van der Waals surface area contributed by atoms with Gasteiger partial charge in [0, 0.05) is 5.56 Å². The Bertz CT molecular complexity index is 1040. The predicted molar refractivity (Wildman–Crippen MR) is 136 cm³/mol. The Morgan fingerprint density at radius 2 is 1.83 bits per heavy atom. The molecule has 1 aliphatic rings. The van der Waals surface area contributed by atoms with Gasteiger partial charge in [0.1, 0.15) is 5.75 Å². The number of rotatable bonds is 10. The van der Waals surface area contributed by atoms with Crippen LogP contribution in [0.3, 0.4) is 0 Å². The molecule has 2 aromatic carbocycles. The molecule has 188 valence electrons. The largest absolute Gasteiger partial charge is 0.449 e. The lowest BCUT2D eigenvalue weighted by molar-refractivity contribution is -0.0958. The van der Waals surface area contributed by atoms with Gasteiger partial charge in [-0.25, -0.2) is 0 Å². The summed E-state index contributed by atoms with van der Waals surface area (Å²) in [7, 11) is 0. The maximum Gasteiger partial charge on any atom is 0.416 e. The third-order valence-corrected chi connectivity index (χ3v) is 7.01. The fourth-order valence-electron chi connectivity index (χ4n) is 4.06. The molecule has 3 rings (SSSR count). The van der Waals surface area contributed by atoms with Crippen molar-refractivity contribution in [2.24, 2.45) is 5.73 Å². The van der Waals surface area contributed by atoms with E-state index >= 15 is 0 Å². The second-order valence-electron chi connectivity index (χ2n) is 8.63. The number of nitrogens with two attached hydrogens (primary N) is 1. The van der Waals surface area contributed by atoms with Gasteiger partial charge in [-0.2, -0.15) is 18.4 Å². The topological polar surface area (TPSA) is 62.3 Å². The summed E-state index contributed by atoms with van der Waals surface area (Å²) in [6.07, 6.45) is -0.294. The van der Waals surface area contributed by atoms with Gasteiger partial charge in [0.25, 0.3) is 0 Å². The number of allylic oxidation sites excluding steroid dienone is 1. The lowest BCUT2D eigenvalue weighted by Gasteiger charge is -2.27. The summed E-state index contributed by atoms with van der Waals surface area (Å²) >= 11 is 1.09. The third kappa shape index (κ3) is 7.76. The summed E-state index contributed by atoms with van der Waals surface area (Å²) < 4.78 is 48.3. The minimum atomic E-state index is -4.50. The van der Waals surface area contributed by atoms with Gasteiger partial charge in [0.05, 0.1) is 23.1 Å². The van der Waals surface area contributed by atoms with Crippen molar-refractivity contribution in [3.8, 4) is 22.9 Å². The highest BCUT2D eigenvalue weighted by Gasteiger charge is 2.37. The van der Waals surface area contributed by atoms with E-state index in [-0.39, 0.29) is 17.3 Å². The van der Waals surface area contributed by atoms with Crippen molar-refractivity contribution >= 4 is 11.8 Å². The molecule has 0 aliphatic carbocycles. The number of nitrogens with zero attached hydrogens (tertiary/aromatic N) is 2. The SMILES string of the molecule is CCC/C(=C(/Oc1cc(C#N)ccc1-c1ccc(CCN)cc1)SCN1CCCCC1)C(F)(F)F. The Morgan fingerprint density at radius 1 is 1.11 bits per heavy atom. The Balaban J connectivity index is 2.00. The first-order valence-electron chi connectivity index (χ1n) is 12.0. The number of benzene rings is 2. The predicted octanol–water partition coefficient (Wildman–Crippen LogP) is 6.86. The Hall–Kier alpha value is -2.47. The molecule has 0 bridgehead atoms. The van der Waals surface area contributed by atoms with Gasteiger partial charge >= 0.3 is 6.18 Å². The lowest BCUT2D eigenvalue weighted by atomic mass is 10.0. The number of hydrogen-bond donors (Lipinski definition) is 1. The number of piperidine rings is 1. The van der Waals surface area contributed by atoms with E-state index < -0.39 is 11.7 Å². The Kier molecular flexibility index (Phi) is 10.1. The van der Waals surface area contributed by atoms with Crippen LogP contribution in [-0.4, -0.2) is 36.6 Å². The zero-order valence-electron chi connectivity index (χ0n) is 20.0. The van der Waals surface area contributed by atoms with Crippen LogP contribution in [0.5, 0.6) is 5.75 Å². The average molecular weight is 504 g/mol. The van der Waals surface area contributed by atoms with E-state index in [0.29, 0.717) is 30.0 Å². The van der Waals surface area contributed by atoms with Crippen LogP contribution in [0.25, 0.3) is 11.1 Å². The summed E-state index contributed by atoms with van der Waals surface area (Å²) in [5.41, 5.74) is 7.82. The van der Waals surface area contributed by atoms with Crippen LogP contribution in [0, 0.1) is 11.3 Å². The summed E-state index contributed by atoms with van der Waals surface area (Å²) in [4.78, 5) is 2.17. The molecule has 0 aromatic heterocycles. The molecule has 0 amide bonds. The van der Waals surface area contributed by atoms with E-state index in [2.05, 4.69) is 11.0 Å². The molecule has 1 heterocycles. The summed E-state index contributed by atoms with van der Waals surface area (Å²) in [5, 5.41) is 9.29. The number of likely N-dealkylation sites (tertiary alicyclic amines) is 1. The molecule has 4 nitrogen and oxygen atoms in total. The zero-order chi connectivity index (χ0) is 25.3. The molecule has 1 saturated heterocycles. The number of ether oxygens (including phenoxy) is 1. The van der Waals surface area contributed by atoms with Gasteiger partial charge in [-0.3, -0.25) is 4.90 Å². The zero-order valence-corrected chi connectivity index (χ0v) is 20.9. The molecule has 2 aromatic rings. The summed E-state index contributed by atoms with van der Waals surface area (Å²) in [6.45, 7) is 4.01. The number of alkyl halides is 3. The van der Waals surface area contributed by atoms with E-state index in [0.717, 1.165) is 61.7 Å². The highest BCUT2D eigenvalue weighted by atomic mass is 32.2. The maximum absolute atomic E-state index is 14.1. The molecule has 0 spiro atoms. The monoisotopic (exact) mass is 503 g/mol. The average Bonchev–Trinajstić information content (AvgIpc) is 2.86. The first kappa shape index (κ1) is 27.1. The molecule has 1 aliphatic heterocycles. The fourth-order valence-corrected chi connectivity index (χ4v) is 5.16. The van der Waals surface area contributed by atoms with E-state index in [1.165, 1.54) is 6.07 Å². The normalized spacial score (nSPS) is 15.4. The van der Waals surface area contributed by atoms with Crippen molar-refractivity contribution in [3.63, 3.8) is 0 Å². The van der Waals surface area contributed by atoms with Gasteiger partial charge in [-0.15, -0.1) is 0 Å². The molecule has 8 heteroatoms. The number of nitriles is 1. The van der Waals surface area contributed by atoms with Crippen LogP contribution in [-0.2, 0) is 6.42 Å². The first-order valence-corrected chi connectivity index (χ1v) is 13.0. The van der Waals surface area contributed by atoms with Crippen molar-refractivity contribution < 1.29 is 17.9 Å². The maximum atomic E-state index is 14.1. The van der Waals surface area contributed by atoms with Crippen molar-refractivity contribution in [2.45, 2.75) is 51.6 Å². The van der Waals surface area contributed by atoms with Crippen LogP contribution in [0.15, 0.2) is 53.1 Å². The lowest BCUT2D eigenvalue weighted by Crippen LogP contribution is -2.29. The van der Waals surface area contributed by atoms with Crippen LogP contribution in [0.4, 0.5) is 13.2 Å². The van der Waals surface area contributed by atoms with Gasteiger partial charge in [-0.1, -0.05) is 55.8 Å². The van der Waals surface area contributed by atoms with Gasteiger partial charge in [0.2, 0.25) is 0 Å². The van der Waals surface area contributed by atoms with Crippen molar-refractivity contribution in [1.82, 2.24) is 4.90 Å². The van der Waals surface area contributed by atoms with Crippen molar-refractivity contribution in [3.05, 3.63) is 64.3 Å². The van der Waals surface area contributed by atoms with E-state index in [9.17, 15) is 18.4 Å². The van der Waals surface area contributed by atoms with E-state index in [4.69, 9.17) is 10.5 Å². The number of thioether (sulfide) groups is 1. The van der Waals surface area contributed by atoms with Crippen molar-refractivity contribution in [2.75, 3.05) is 25.5 Å². The van der Waals surface area contributed by atoms with Gasteiger partial charge in [0.15, 0.2) is 5.09 Å². The molecule has 1 fully saturated rings. The summed E-state index contributed by atoms with van der Waals surface area (Å²) in [6, 6.07) is 14.7. The standard InChI is InChI=1S/C27H32F3N3OS/c1-2-6-24(27(28,29)30)26(35-19-33-15-4-3-5-16-33)34-25-17-21(18-32)9-12-23(25)22-10-7-20(8-11-22)13-14-31/h7-12,17H,2-6,13-16,19,31H2,1H3/b26-24+. The highest BCUT2D eigenvalue weighted by molar-refractivity contribution is 8.02. The van der Waals surface area contributed by atoms with E-state index in [1.54, 1.807) is 19.1 Å². The molecule has 2 N–H and O–H groups in total. The molecule has 0 radical (unpaired) electrons. The minimum Gasteiger partial charge on any atom is -0.449 e. The third-order valence-electron chi connectivity index (χ3n) is 5.93. The molecular formula is C27H32F3N3OS. The molecule has 0 saturated carbocycles. The molecular weight excluding hydrogens is 471 g/mol. The van der Waals surface area contributed by atoms with Gasteiger partial charge < -0.3 is 10.5 Å². The van der Waals surface area contributed by atoms with Crippen LogP contribution < -0.4 is 10.5 Å². The summed E-state index contributed by atoms with van der Waals surface area (Å²) in [5.74, 6) is 0.675. The quantitative estimate of drug-likeness (QED) is 0.359. The van der Waals surface area contributed by atoms with Crippen LogP contribution in [0.1, 0.15) is 50.2 Å². The highest BCUT2D eigenvalue weighted by Crippen LogP contribution is 2.40. The van der Waals surface area contributed by atoms with Gasteiger partial charge in [-0.05, 0) is 74.6 Å². The minimum absolute atomic E-state index is 0.132. The van der Waals surface area contributed by atoms with Crippen molar-refractivity contribution in [1.29, 1.82) is 5.26 Å². The second kappa shape index (κ2) is 13.0.